The number of halogens is 1. The lowest BCUT2D eigenvalue weighted by molar-refractivity contribution is -0.123. The van der Waals surface area contributed by atoms with E-state index >= 15 is 0 Å². The molecule has 1 aromatic rings. The molecule has 20 heavy (non-hydrogen) atoms. The Morgan fingerprint density at radius 2 is 2.10 bits per heavy atom. The minimum atomic E-state index is -3.93. The number of sulfonamides is 1. The molecule has 1 amide bonds. The highest BCUT2D eigenvalue weighted by Crippen LogP contribution is 2.30. The predicted octanol–water partition coefficient (Wildman–Crippen LogP) is 1.31. The summed E-state index contributed by atoms with van der Waals surface area (Å²) in [7, 11) is -3.93. The minimum Gasteiger partial charge on any atom is -0.482 e. The Bertz CT molecular complexity index is 602. The number of rotatable bonds is 6. The van der Waals surface area contributed by atoms with E-state index in [2.05, 4.69) is 21.2 Å². The number of carbonyl (C=O) groups excluding carboxylic acids is 1. The topological polar surface area (TPSA) is 98.5 Å². The number of carbonyl (C=O) groups is 1. The molecule has 0 aromatic heterocycles. The van der Waals surface area contributed by atoms with Crippen LogP contribution in [-0.2, 0) is 14.8 Å². The van der Waals surface area contributed by atoms with Gasteiger partial charge in [-0.3, -0.25) is 4.79 Å². The quantitative estimate of drug-likeness (QED) is 0.794. The van der Waals surface area contributed by atoms with Crippen molar-refractivity contribution < 1.29 is 17.9 Å². The zero-order valence-electron chi connectivity index (χ0n) is 11.3. The Morgan fingerprint density at radius 3 is 2.65 bits per heavy atom. The van der Waals surface area contributed by atoms with E-state index in [9.17, 15) is 13.2 Å². The SMILES string of the molecule is CCCNC(=O)COc1c(C)cc(Br)cc1S(N)(=O)=O. The molecule has 1 aromatic carbocycles. The lowest BCUT2D eigenvalue weighted by Gasteiger charge is -2.13. The summed E-state index contributed by atoms with van der Waals surface area (Å²) in [6.45, 7) is 3.90. The van der Waals surface area contributed by atoms with Crippen LogP contribution in [0.2, 0.25) is 0 Å². The normalized spacial score (nSPS) is 11.2. The summed E-state index contributed by atoms with van der Waals surface area (Å²) in [4.78, 5) is 11.3. The number of hydrogen-bond acceptors (Lipinski definition) is 4. The van der Waals surface area contributed by atoms with Gasteiger partial charge in [0.1, 0.15) is 10.6 Å². The second-order valence-corrected chi connectivity index (χ2v) is 6.68. The van der Waals surface area contributed by atoms with E-state index in [0.717, 1.165) is 6.42 Å². The van der Waals surface area contributed by atoms with Crippen molar-refractivity contribution in [2.45, 2.75) is 25.2 Å². The van der Waals surface area contributed by atoms with Crippen molar-refractivity contribution in [2.75, 3.05) is 13.2 Å². The summed E-state index contributed by atoms with van der Waals surface area (Å²) >= 11 is 3.20. The highest BCUT2D eigenvalue weighted by atomic mass is 79.9. The monoisotopic (exact) mass is 364 g/mol. The molecule has 0 bridgehead atoms. The Balaban J connectivity index is 2.97. The first kappa shape index (κ1) is 16.9. The number of amides is 1. The zero-order valence-corrected chi connectivity index (χ0v) is 13.7. The van der Waals surface area contributed by atoms with Crippen LogP contribution in [0.25, 0.3) is 0 Å². The number of nitrogens with two attached hydrogens (primary N) is 1. The molecule has 0 heterocycles. The van der Waals surface area contributed by atoms with Gasteiger partial charge in [-0.2, -0.15) is 0 Å². The number of aryl methyl sites for hydroxylation is 1. The summed E-state index contributed by atoms with van der Waals surface area (Å²) in [5.41, 5.74) is 0.576. The van der Waals surface area contributed by atoms with Crippen molar-refractivity contribution in [2.24, 2.45) is 5.14 Å². The van der Waals surface area contributed by atoms with E-state index in [1.165, 1.54) is 6.07 Å². The number of nitrogens with one attached hydrogen (secondary N) is 1. The van der Waals surface area contributed by atoms with E-state index in [4.69, 9.17) is 9.88 Å². The molecule has 0 aliphatic rings. The molecule has 0 radical (unpaired) electrons. The van der Waals surface area contributed by atoms with E-state index in [1.807, 2.05) is 6.92 Å². The Kier molecular flexibility index (Phi) is 5.97. The molecule has 1 rings (SSSR count). The molecule has 0 saturated carbocycles. The molecule has 0 spiro atoms. The third kappa shape index (κ3) is 4.77. The van der Waals surface area contributed by atoms with Crippen LogP contribution in [-0.4, -0.2) is 27.5 Å². The number of benzene rings is 1. The largest absolute Gasteiger partial charge is 0.482 e. The van der Waals surface area contributed by atoms with Gasteiger partial charge in [0.05, 0.1) is 0 Å². The lowest BCUT2D eigenvalue weighted by atomic mass is 10.2. The van der Waals surface area contributed by atoms with Gasteiger partial charge in [-0.25, -0.2) is 13.6 Å². The van der Waals surface area contributed by atoms with Crippen molar-refractivity contribution in [1.82, 2.24) is 5.32 Å². The fourth-order valence-electron chi connectivity index (χ4n) is 1.55. The number of hydrogen-bond donors (Lipinski definition) is 2. The molecule has 0 unspecified atom stereocenters. The highest BCUT2D eigenvalue weighted by molar-refractivity contribution is 9.10. The Hall–Kier alpha value is -1.12. The molecule has 0 aliphatic heterocycles. The summed E-state index contributed by atoms with van der Waals surface area (Å²) in [6, 6.07) is 3.04. The van der Waals surface area contributed by atoms with Gasteiger partial charge in [0.25, 0.3) is 5.91 Å². The van der Waals surface area contributed by atoms with E-state index < -0.39 is 10.0 Å². The van der Waals surface area contributed by atoms with Crippen LogP contribution in [0.1, 0.15) is 18.9 Å². The fraction of sp³-hybridized carbons (Fsp3) is 0.417. The van der Waals surface area contributed by atoms with Crippen LogP contribution in [0.4, 0.5) is 0 Å². The van der Waals surface area contributed by atoms with Gasteiger partial charge >= 0.3 is 0 Å². The van der Waals surface area contributed by atoms with Gasteiger partial charge in [-0.1, -0.05) is 22.9 Å². The first-order valence-corrected chi connectivity index (χ1v) is 8.32. The number of primary sulfonamides is 1. The Morgan fingerprint density at radius 1 is 1.45 bits per heavy atom. The third-order valence-electron chi connectivity index (χ3n) is 2.43. The maximum atomic E-state index is 11.6. The van der Waals surface area contributed by atoms with E-state index in [-0.39, 0.29) is 23.2 Å². The minimum absolute atomic E-state index is 0.0994. The average molecular weight is 365 g/mol. The summed E-state index contributed by atoms with van der Waals surface area (Å²) in [5, 5.41) is 7.79. The van der Waals surface area contributed by atoms with E-state index in [0.29, 0.717) is 16.6 Å². The fourth-order valence-corrected chi connectivity index (χ4v) is 3.04. The standard InChI is InChI=1S/C12H17BrN2O4S/c1-3-4-15-11(16)7-19-12-8(2)5-9(13)6-10(12)20(14,17)18/h5-6H,3-4,7H2,1-2H3,(H,15,16)(H2,14,17,18). The molecule has 8 heteroatoms. The molecule has 0 aliphatic carbocycles. The second-order valence-electron chi connectivity index (χ2n) is 4.23. The van der Waals surface area contributed by atoms with Crippen molar-refractivity contribution in [3.05, 3.63) is 22.2 Å². The van der Waals surface area contributed by atoms with Crippen molar-refractivity contribution >= 4 is 31.9 Å². The first-order valence-electron chi connectivity index (χ1n) is 5.98. The van der Waals surface area contributed by atoms with Gasteiger partial charge < -0.3 is 10.1 Å². The van der Waals surface area contributed by atoms with Crippen molar-refractivity contribution in [1.29, 1.82) is 0 Å². The molecule has 0 fully saturated rings. The smallest absolute Gasteiger partial charge is 0.257 e. The van der Waals surface area contributed by atoms with Crippen molar-refractivity contribution in [3.8, 4) is 5.75 Å². The van der Waals surface area contributed by atoms with Gasteiger partial charge in [0.2, 0.25) is 10.0 Å². The van der Waals surface area contributed by atoms with Gasteiger partial charge in [-0.05, 0) is 31.0 Å². The lowest BCUT2D eigenvalue weighted by Crippen LogP contribution is -2.30. The molecule has 112 valence electrons. The van der Waals surface area contributed by atoms with Crippen LogP contribution in [0.3, 0.4) is 0 Å². The van der Waals surface area contributed by atoms with Gasteiger partial charge in [0, 0.05) is 11.0 Å². The second kappa shape index (κ2) is 7.05. The predicted molar refractivity (Wildman–Crippen MR) is 79.0 cm³/mol. The van der Waals surface area contributed by atoms with Crippen LogP contribution < -0.4 is 15.2 Å². The summed E-state index contributed by atoms with van der Waals surface area (Å²) in [5.74, 6) is -0.211. The van der Waals surface area contributed by atoms with E-state index in [1.54, 1.807) is 13.0 Å². The molecule has 6 nitrogen and oxygen atoms in total. The Labute approximate surface area is 126 Å². The first-order chi connectivity index (χ1) is 9.25. The average Bonchev–Trinajstić information content (AvgIpc) is 2.33. The number of ether oxygens (including phenoxy) is 1. The summed E-state index contributed by atoms with van der Waals surface area (Å²) in [6.07, 6.45) is 0.811. The van der Waals surface area contributed by atoms with Gasteiger partial charge in [-0.15, -0.1) is 0 Å². The zero-order chi connectivity index (χ0) is 15.3. The van der Waals surface area contributed by atoms with Crippen LogP contribution in [0, 0.1) is 6.92 Å². The molecule has 0 saturated heterocycles. The van der Waals surface area contributed by atoms with Crippen molar-refractivity contribution in [3.63, 3.8) is 0 Å². The van der Waals surface area contributed by atoms with Crippen LogP contribution >= 0.6 is 15.9 Å². The highest BCUT2D eigenvalue weighted by Gasteiger charge is 2.19. The third-order valence-corrected chi connectivity index (χ3v) is 3.81. The van der Waals surface area contributed by atoms with Gasteiger partial charge in [0.15, 0.2) is 6.61 Å². The molecule has 3 N–H and O–H groups in total. The maximum absolute atomic E-state index is 11.6. The molecular weight excluding hydrogens is 348 g/mol. The summed E-state index contributed by atoms with van der Waals surface area (Å²) < 4.78 is 29.0. The molecular formula is C12H17BrN2O4S. The van der Waals surface area contributed by atoms with Crippen LogP contribution in [0.15, 0.2) is 21.5 Å². The van der Waals surface area contributed by atoms with Crippen LogP contribution in [0.5, 0.6) is 5.75 Å². The maximum Gasteiger partial charge on any atom is 0.257 e. The molecule has 0 atom stereocenters.